The first-order chi connectivity index (χ1) is 14.6. The molecule has 1 atom stereocenters. The molecule has 0 radical (unpaired) electrons. The fraction of sp³-hybridized carbons (Fsp3) is 0.269. The number of anilines is 2. The number of hydrogen-bond acceptors (Lipinski definition) is 3. The van der Waals surface area contributed by atoms with Crippen molar-refractivity contribution in [2.24, 2.45) is 0 Å². The van der Waals surface area contributed by atoms with Crippen molar-refractivity contribution in [2.45, 2.75) is 26.2 Å². The van der Waals surface area contributed by atoms with E-state index in [4.69, 9.17) is 4.74 Å². The van der Waals surface area contributed by atoms with Gasteiger partial charge in [-0.05, 0) is 54.3 Å². The molecular formula is C26H30N2O2. The van der Waals surface area contributed by atoms with Crippen molar-refractivity contribution < 1.29 is 9.53 Å². The van der Waals surface area contributed by atoms with E-state index in [9.17, 15) is 4.79 Å². The number of carbonyl (C=O) groups excluding carboxylic acids is 1. The van der Waals surface area contributed by atoms with E-state index in [1.165, 1.54) is 12.5 Å². The lowest BCUT2D eigenvalue weighted by molar-refractivity contribution is -0.118. The first-order valence-corrected chi connectivity index (χ1v) is 10.5. The summed E-state index contributed by atoms with van der Waals surface area (Å²) in [5, 5.41) is 2.87. The van der Waals surface area contributed by atoms with Gasteiger partial charge in [-0.3, -0.25) is 4.79 Å². The van der Waals surface area contributed by atoms with Crippen LogP contribution in [-0.2, 0) is 4.79 Å². The average Bonchev–Trinajstić information content (AvgIpc) is 2.78. The summed E-state index contributed by atoms with van der Waals surface area (Å²) in [5.74, 6) is 1.32. The maximum absolute atomic E-state index is 11.2. The van der Waals surface area contributed by atoms with Crippen LogP contribution in [0.25, 0.3) is 0 Å². The van der Waals surface area contributed by atoms with Gasteiger partial charge in [0.1, 0.15) is 5.75 Å². The van der Waals surface area contributed by atoms with Crippen molar-refractivity contribution in [3.05, 3.63) is 90.5 Å². The number of carbonyl (C=O) groups is 1. The molecule has 3 aromatic carbocycles. The highest BCUT2D eigenvalue weighted by atomic mass is 16.5. The van der Waals surface area contributed by atoms with Gasteiger partial charge in [-0.25, -0.2) is 0 Å². The Morgan fingerprint density at radius 3 is 2.13 bits per heavy atom. The molecule has 0 aliphatic carbocycles. The summed E-state index contributed by atoms with van der Waals surface area (Å²) in [6.45, 7) is 5.73. The molecule has 0 saturated heterocycles. The van der Waals surface area contributed by atoms with E-state index in [-0.39, 0.29) is 5.91 Å². The largest absolute Gasteiger partial charge is 0.494 e. The maximum Gasteiger partial charge on any atom is 0.216 e. The molecular weight excluding hydrogens is 372 g/mol. The topological polar surface area (TPSA) is 41.6 Å². The highest BCUT2D eigenvalue weighted by Crippen LogP contribution is 2.27. The number of amides is 1. The quantitative estimate of drug-likeness (QED) is 0.484. The molecule has 0 saturated carbocycles. The van der Waals surface area contributed by atoms with Crippen LogP contribution in [0.2, 0.25) is 0 Å². The molecule has 0 heterocycles. The van der Waals surface area contributed by atoms with E-state index in [0.717, 1.165) is 23.5 Å². The van der Waals surface area contributed by atoms with Crippen LogP contribution in [0.3, 0.4) is 0 Å². The molecule has 0 aliphatic rings. The van der Waals surface area contributed by atoms with E-state index in [1.807, 2.05) is 36.4 Å². The third-order valence-corrected chi connectivity index (χ3v) is 5.11. The Bertz CT molecular complexity index is 895. The minimum absolute atomic E-state index is 0.0171. The minimum Gasteiger partial charge on any atom is -0.494 e. The van der Waals surface area contributed by atoms with Crippen LogP contribution in [0.4, 0.5) is 11.4 Å². The second kappa shape index (κ2) is 11.1. The summed E-state index contributed by atoms with van der Waals surface area (Å²) >= 11 is 0. The van der Waals surface area contributed by atoms with Crippen LogP contribution < -0.4 is 15.0 Å². The van der Waals surface area contributed by atoms with Gasteiger partial charge in [-0.15, -0.1) is 0 Å². The fourth-order valence-corrected chi connectivity index (χ4v) is 3.38. The molecule has 1 unspecified atom stereocenters. The lowest BCUT2D eigenvalue weighted by Gasteiger charge is -2.25. The zero-order valence-electron chi connectivity index (χ0n) is 17.8. The summed E-state index contributed by atoms with van der Waals surface area (Å²) in [6, 6.07) is 28.9. The summed E-state index contributed by atoms with van der Waals surface area (Å²) < 4.78 is 5.98. The third-order valence-electron chi connectivity index (χ3n) is 5.11. The number of benzene rings is 3. The Morgan fingerprint density at radius 2 is 1.50 bits per heavy atom. The number of rotatable bonds is 10. The lowest BCUT2D eigenvalue weighted by Crippen LogP contribution is -2.31. The molecule has 0 bridgehead atoms. The molecule has 4 nitrogen and oxygen atoms in total. The number of hydrogen-bond donors (Lipinski definition) is 1. The van der Waals surface area contributed by atoms with Gasteiger partial charge in [0.05, 0.1) is 6.61 Å². The van der Waals surface area contributed by atoms with Crippen molar-refractivity contribution in [1.29, 1.82) is 0 Å². The Hall–Kier alpha value is -3.27. The molecule has 0 aromatic heterocycles. The summed E-state index contributed by atoms with van der Waals surface area (Å²) in [4.78, 5) is 13.4. The Balaban J connectivity index is 1.59. The summed E-state index contributed by atoms with van der Waals surface area (Å²) in [7, 11) is 0. The average molecular weight is 403 g/mol. The number of ether oxygens (including phenoxy) is 1. The van der Waals surface area contributed by atoms with Gasteiger partial charge in [0.2, 0.25) is 5.91 Å². The molecule has 1 N–H and O–H groups in total. The van der Waals surface area contributed by atoms with E-state index < -0.39 is 0 Å². The normalized spacial score (nSPS) is 11.5. The van der Waals surface area contributed by atoms with Crippen molar-refractivity contribution in [3.8, 4) is 5.75 Å². The summed E-state index contributed by atoms with van der Waals surface area (Å²) in [5.41, 5.74) is 3.50. The second-order valence-electron chi connectivity index (χ2n) is 7.41. The Kier molecular flexibility index (Phi) is 7.90. The van der Waals surface area contributed by atoms with Crippen molar-refractivity contribution in [2.75, 3.05) is 24.6 Å². The van der Waals surface area contributed by atoms with Gasteiger partial charge in [-0.2, -0.15) is 0 Å². The van der Waals surface area contributed by atoms with Crippen LogP contribution in [0, 0.1) is 0 Å². The molecule has 0 aliphatic heterocycles. The van der Waals surface area contributed by atoms with Gasteiger partial charge in [0, 0.05) is 31.4 Å². The molecule has 30 heavy (non-hydrogen) atoms. The molecule has 156 valence electrons. The molecule has 4 heteroatoms. The highest BCUT2D eigenvalue weighted by Gasteiger charge is 2.10. The van der Waals surface area contributed by atoms with Crippen molar-refractivity contribution in [3.63, 3.8) is 0 Å². The minimum atomic E-state index is -0.0171. The predicted octanol–water partition coefficient (Wildman–Crippen LogP) is 5.53. The zero-order chi connectivity index (χ0) is 21.2. The molecule has 1 amide bonds. The van der Waals surface area contributed by atoms with Crippen LogP contribution in [0.5, 0.6) is 5.75 Å². The maximum atomic E-state index is 11.2. The van der Waals surface area contributed by atoms with Gasteiger partial charge >= 0.3 is 0 Å². The van der Waals surface area contributed by atoms with Crippen molar-refractivity contribution >= 4 is 17.3 Å². The van der Waals surface area contributed by atoms with Gasteiger partial charge in [-0.1, -0.05) is 55.5 Å². The Labute approximate surface area is 179 Å². The zero-order valence-corrected chi connectivity index (χ0v) is 17.8. The van der Waals surface area contributed by atoms with E-state index in [0.29, 0.717) is 25.6 Å². The van der Waals surface area contributed by atoms with Gasteiger partial charge < -0.3 is 15.0 Å². The standard InChI is InChI=1S/C26H30N2O2/c1-21(23-9-5-3-6-10-23)17-20-30-26-15-13-25(14-16-26)28(19-18-27-22(2)29)24-11-7-4-8-12-24/h3-16,21H,17-20H2,1-2H3,(H,27,29). The monoisotopic (exact) mass is 402 g/mol. The first-order valence-electron chi connectivity index (χ1n) is 10.5. The van der Waals surface area contributed by atoms with Crippen LogP contribution >= 0.6 is 0 Å². The molecule has 3 aromatic rings. The fourth-order valence-electron chi connectivity index (χ4n) is 3.38. The number of nitrogens with one attached hydrogen (secondary N) is 1. The summed E-state index contributed by atoms with van der Waals surface area (Å²) in [6.07, 6.45) is 0.971. The second-order valence-corrected chi connectivity index (χ2v) is 7.41. The number of para-hydroxylation sites is 1. The first kappa shape index (κ1) is 21.4. The van der Waals surface area contributed by atoms with Gasteiger partial charge in [0.25, 0.3) is 0 Å². The van der Waals surface area contributed by atoms with Crippen LogP contribution in [0.1, 0.15) is 31.7 Å². The Morgan fingerprint density at radius 1 is 0.900 bits per heavy atom. The molecule has 0 spiro atoms. The van der Waals surface area contributed by atoms with E-state index in [1.54, 1.807) is 0 Å². The van der Waals surface area contributed by atoms with Gasteiger partial charge in [0.15, 0.2) is 0 Å². The number of nitrogens with zero attached hydrogens (tertiary/aromatic N) is 1. The third kappa shape index (κ3) is 6.38. The smallest absolute Gasteiger partial charge is 0.216 e. The molecule has 3 rings (SSSR count). The predicted molar refractivity (Wildman–Crippen MR) is 124 cm³/mol. The van der Waals surface area contributed by atoms with Crippen LogP contribution in [-0.4, -0.2) is 25.6 Å². The van der Waals surface area contributed by atoms with Crippen LogP contribution in [0.15, 0.2) is 84.9 Å². The highest BCUT2D eigenvalue weighted by molar-refractivity contribution is 5.73. The lowest BCUT2D eigenvalue weighted by atomic mass is 9.98. The SMILES string of the molecule is CC(=O)NCCN(c1ccccc1)c1ccc(OCCC(C)c2ccccc2)cc1. The molecule has 0 fully saturated rings. The van der Waals surface area contributed by atoms with E-state index >= 15 is 0 Å². The van der Waals surface area contributed by atoms with E-state index in [2.05, 4.69) is 65.7 Å². The van der Waals surface area contributed by atoms with Crippen molar-refractivity contribution in [1.82, 2.24) is 5.32 Å².